The van der Waals surface area contributed by atoms with Gasteiger partial charge in [0.15, 0.2) is 0 Å². The molecule has 0 atom stereocenters. The molecule has 0 unspecified atom stereocenters. The zero-order chi connectivity index (χ0) is 20.8. The minimum absolute atomic E-state index is 0.973. The highest BCUT2D eigenvalue weighted by atomic mass is 16.3. The maximum atomic E-state index is 5.81. The van der Waals surface area contributed by atoms with Crippen LogP contribution in [0, 0.1) is 27.7 Å². The van der Waals surface area contributed by atoms with Gasteiger partial charge < -0.3 is 8.83 Å². The van der Waals surface area contributed by atoms with Gasteiger partial charge in [-0.3, -0.25) is 0 Å². The first kappa shape index (κ1) is 18.5. The van der Waals surface area contributed by atoms with Crippen LogP contribution in [0.4, 0.5) is 0 Å². The molecular weight excluding hydrogens is 368 g/mol. The monoisotopic (exact) mass is 392 g/mol. The molecule has 2 nitrogen and oxygen atoms in total. The van der Waals surface area contributed by atoms with Crippen LogP contribution in [0.2, 0.25) is 0 Å². The quantitative estimate of drug-likeness (QED) is 0.259. The molecule has 0 N–H and O–H groups in total. The number of aryl methyl sites for hydroxylation is 4. The van der Waals surface area contributed by atoms with Crippen molar-refractivity contribution in [3.8, 4) is 0 Å². The van der Waals surface area contributed by atoms with E-state index >= 15 is 0 Å². The number of benzene rings is 4. The van der Waals surface area contributed by atoms with Crippen LogP contribution in [0.5, 0.6) is 0 Å². The van der Waals surface area contributed by atoms with Gasteiger partial charge in [-0.2, -0.15) is 0 Å². The third-order valence-electron chi connectivity index (χ3n) is 5.56. The van der Waals surface area contributed by atoms with Gasteiger partial charge in [-0.15, -0.1) is 0 Å². The van der Waals surface area contributed by atoms with Gasteiger partial charge in [0.25, 0.3) is 0 Å². The average Bonchev–Trinajstić information content (AvgIpc) is 3.24. The average molecular weight is 392 g/mol. The standard InChI is InChI=1S/2C14H12O/c1-9-3-5-13-11(7-9)12-8-10(2)4-6-14(12)15-13;1-9-3-5-11-12-6-4-10(2)8-14(12)15-13(11)7-9/h2*3-8H,1-2H3. The maximum Gasteiger partial charge on any atom is 0.135 e. The molecule has 0 aliphatic rings. The van der Waals surface area contributed by atoms with Gasteiger partial charge in [0.1, 0.15) is 22.3 Å². The summed E-state index contributed by atoms with van der Waals surface area (Å²) in [7, 11) is 0. The lowest BCUT2D eigenvalue weighted by molar-refractivity contribution is 0.668. The van der Waals surface area contributed by atoms with E-state index in [1.165, 1.54) is 43.8 Å². The third-order valence-corrected chi connectivity index (χ3v) is 5.56. The molecule has 0 radical (unpaired) electrons. The molecule has 2 aromatic heterocycles. The topological polar surface area (TPSA) is 26.3 Å². The van der Waals surface area contributed by atoms with Crippen LogP contribution < -0.4 is 0 Å². The van der Waals surface area contributed by atoms with Crippen molar-refractivity contribution in [3.05, 3.63) is 95.1 Å². The zero-order valence-electron chi connectivity index (χ0n) is 17.7. The van der Waals surface area contributed by atoms with Crippen molar-refractivity contribution in [2.24, 2.45) is 0 Å². The second-order valence-corrected chi connectivity index (χ2v) is 8.20. The second-order valence-electron chi connectivity index (χ2n) is 8.20. The van der Waals surface area contributed by atoms with E-state index in [1.807, 2.05) is 12.1 Å². The van der Waals surface area contributed by atoms with Crippen LogP contribution in [0.15, 0.2) is 81.6 Å². The molecule has 2 heterocycles. The first-order valence-electron chi connectivity index (χ1n) is 10.3. The van der Waals surface area contributed by atoms with Crippen LogP contribution in [-0.2, 0) is 0 Å². The summed E-state index contributed by atoms with van der Waals surface area (Å²) in [5.74, 6) is 0. The third kappa shape index (κ3) is 3.25. The van der Waals surface area contributed by atoms with Crippen molar-refractivity contribution in [2.75, 3.05) is 0 Å². The first-order valence-corrected chi connectivity index (χ1v) is 10.3. The predicted octanol–water partition coefficient (Wildman–Crippen LogP) is 8.41. The molecule has 2 heteroatoms. The summed E-state index contributed by atoms with van der Waals surface area (Å²) < 4.78 is 11.6. The van der Waals surface area contributed by atoms with Gasteiger partial charge in [-0.1, -0.05) is 47.5 Å². The minimum atomic E-state index is 0.973. The normalized spacial score (nSPS) is 11.3. The minimum Gasteiger partial charge on any atom is -0.456 e. The lowest BCUT2D eigenvalue weighted by atomic mass is 10.1. The molecule has 0 saturated heterocycles. The van der Waals surface area contributed by atoms with Gasteiger partial charge >= 0.3 is 0 Å². The predicted molar refractivity (Wildman–Crippen MR) is 126 cm³/mol. The molecule has 0 saturated carbocycles. The van der Waals surface area contributed by atoms with E-state index in [0.717, 1.165) is 22.3 Å². The summed E-state index contributed by atoms with van der Waals surface area (Å²) in [6.45, 7) is 8.37. The fourth-order valence-electron chi connectivity index (χ4n) is 4.00. The molecule has 30 heavy (non-hydrogen) atoms. The van der Waals surface area contributed by atoms with Crippen LogP contribution >= 0.6 is 0 Å². The summed E-state index contributed by atoms with van der Waals surface area (Å²) in [4.78, 5) is 0. The number of hydrogen-bond acceptors (Lipinski definition) is 2. The largest absolute Gasteiger partial charge is 0.456 e. The summed E-state index contributed by atoms with van der Waals surface area (Å²) >= 11 is 0. The summed E-state index contributed by atoms with van der Waals surface area (Å²) in [6.07, 6.45) is 0. The Bertz CT molecular complexity index is 1420. The van der Waals surface area contributed by atoms with Crippen LogP contribution in [0.3, 0.4) is 0 Å². The molecule has 0 amide bonds. The Kier molecular flexibility index (Phi) is 4.36. The fraction of sp³-hybridized carbons (Fsp3) is 0.143. The maximum absolute atomic E-state index is 5.81. The van der Waals surface area contributed by atoms with E-state index in [0.29, 0.717) is 0 Å². The molecule has 0 spiro atoms. The Labute approximate surface area is 175 Å². The Morgan fingerprint density at radius 2 is 0.733 bits per heavy atom. The molecule has 0 bridgehead atoms. The molecule has 0 aliphatic carbocycles. The summed E-state index contributed by atoms with van der Waals surface area (Å²) in [6, 6.07) is 25.3. The van der Waals surface area contributed by atoms with Crippen LogP contribution in [0.25, 0.3) is 43.9 Å². The summed E-state index contributed by atoms with van der Waals surface area (Å²) in [5.41, 5.74) is 8.92. The number of fused-ring (bicyclic) bond motifs is 6. The SMILES string of the molecule is Cc1ccc2c(c1)oc1cc(C)ccc12.Cc1ccc2oc3ccc(C)cc3c2c1. The molecule has 6 rings (SSSR count). The fourth-order valence-corrected chi connectivity index (χ4v) is 4.00. The number of hydrogen-bond donors (Lipinski definition) is 0. The van der Waals surface area contributed by atoms with Gasteiger partial charge in [-0.25, -0.2) is 0 Å². The lowest BCUT2D eigenvalue weighted by Crippen LogP contribution is -1.72. The highest BCUT2D eigenvalue weighted by molar-refractivity contribution is 6.06. The van der Waals surface area contributed by atoms with E-state index in [2.05, 4.69) is 88.4 Å². The van der Waals surface area contributed by atoms with E-state index in [1.54, 1.807) is 0 Å². The molecule has 6 aromatic rings. The summed E-state index contributed by atoms with van der Waals surface area (Å²) in [5, 5.41) is 4.84. The Morgan fingerprint density at radius 1 is 0.367 bits per heavy atom. The highest BCUT2D eigenvalue weighted by Gasteiger charge is 2.07. The molecule has 4 aromatic carbocycles. The van der Waals surface area contributed by atoms with Crippen molar-refractivity contribution in [1.29, 1.82) is 0 Å². The Morgan fingerprint density at radius 3 is 1.20 bits per heavy atom. The van der Waals surface area contributed by atoms with Crippen LogP contribution in [-0.4, -0.2) is 0 Å². The number of furan rings is 2. The Hall–Kier alpha value is -3.52. The van der Waals surface area contributed by atoms with E-state index < -0.39 is 0 Å². The molecule has 0 aliphatic heterocycles. The van der Waals surface area contributed by atoms with Gasteiger partial charge in [0.05, 0.1) is 0 Å². The zero-order valence-corrected chi connectivity index (χ0v) is 17.7. The highest BCUT2D eigenvalue weighted by Crippen LogP contribution is 2.30. The number of rotatable bonds is 0. The molecule has 0 fully saturated rings. The van der Waals surface area contributed by atoms with Crippen molar-refractivity contribution in [3.63, 3.8) is 0 Å². The first-order chi connectivity index (χ1) is 14.5. The lowest BCUT2D eigenvalue weighted by Gasteiger charge is -1.93. The smallest absolute Gasteiger partial charge is 0.135 e. The van der Waals surface area contributed by atoms with E-state index in [9.17, 15) is 0 Å². The molecule has 148 valence electrons. The van der Waals surface area contributed by atoms with Crippen LogP contribution in [0.1, 0.15) is 22.3 Å². The van der Waals surface area contributed by atoms with Gasteiger partial charge in [-0.05, 0) is 75.2 Å². The Balaban J connectivity index is 0.000000128. The van der Waals surface area contributed by atoms with E-state index in [-0.39, 0.29) is 0 Å². The van der Waals surface area contributed by atoms with Crippen molar-refractivity contribution in [1.82, 2.24) is 0 Å². The van der Waals surface area contributed by atoms with Crippen molar-refractivity contribution >= 4 is 43.9 Å². The van der Waals surface area contributed by atoms with E-state index in [4.69, 9.17) is 8.83 Å². The van der Waals surface area contributed by atoms with Crippen molar-refractivity contribution < 1.29 is 8.83 Å². The van der Waals surface area contributed by atoms with Gasteiger partial charge in [0, 0.05) is 21.5 Å². The second kappa shape index (κ2) is 7.07. The van der Waals surface area contributed by atoms with Gasteiger partial charge in [0.2, 0.25) is 0 Å². The van der Waals surface area contributed by atoms with Crippen molar-refractivity contribution in [2.45, 2.75) is 27.7 Å². The molecular formula is C28H24O2.